The third kappa shape index (κ3) is 4.22. The van der Waals surface area contributed by atoms with E-state index in [9.17, 15) is 0 Å². The van der Waals surface area contributed by atoms with E-state index in [1.54, 1.807) is 0 Å². The summed E-state index contributed by atoms with van der Waals surface area (Å²) in [6.07, 6.45) is 0.959. The third-order valence-electron chi connectivity index (χ3n) is 2.04. The van der Waals surface area contributed by atoms with E-state index in [1.165, 1.54) is 5.56 Å². The smallest absolute Gasteiger partial charge is 0.0717 e. The van der Waals surface area contributed by atoms with Crippen LogP contribution in [0, 0.1) is 0 Å². The Morgan fingerprint density at radius 1 is 1.36 bits per heavy atom. The zero-order valence-electron chi connectivity index (χ0n) is 8.37. The van der Waals surface area contributed by atoms with Crippen molar-refractivity contribution in [2.45, 2.75) is 26.0 Å². The molecule has 14 heavy (non-hydrogen) atoms. The van der Waals surface area contributed by atoms with Gasteiger partial charge in [0.25, 0.3) is 0 Å². The quantitative estimate of drug-likeness (QED) is 0.881. The predicted octanol–water partition coefficient (Wildman–Crippen LogP) is 2.70. The summed E-state index contributed by atoms with van der Waals surface area (Å²) in [5.41, 5.74) is 6.91. The molecule has 0 amide bonds. The standard InChI is InChI=1S/C11H16BrNO/c1-2-11(13)8-14-7-9-3-5-10(12)6-4-9/h3-6,11H,2,7-8,13H2,1H3. The van der Waals surface area contributed by atoms with E-state index < -0.39 is 0 Å². The van der Waals surface area contributed by atoms with Crippen molar-refractivity contribution in [3.8, 4) is 0 Å². The van der Waals surface area contributed by atoms with Crippen LogP contribution >= 0.6 is 15.9 Å². The minimum Gasteiger partial charge on any atom is -0.375 e. The molecule has 0 heterocycles. The first kappa shape index (κ1) is 11.7. The first-order valence-corrected chi connectivity index (χ1v) is 5.59. The maximum Gasteiger partial charge on any atom is 0.0717 e. The summed E-state index contributed by atoms with van der Waals surface area (Å²) < 4.78 is 6.56. The van der Waals surface area contributed by atoms with Crippen molar-refractivity contribution in [2.24, 2.45) is 5.73 Å². The van der Waals surface area contributed by atoms with Gasteiger partial charge in [-0.3, -0.25) is 0 Å². The van der Waals surface area contributed by atoms with E-state index >= 15 is 0 Å². The number of nitrogens with two attached hydrogens (primary N) is 1. The number of hydrogen-bond donors (Lipinski definition) is 1. The lowest BCUT2D eigenvalue weighted by Crippen LogP contribution is -2.24. The predicted molar refractivity (Wildman–Crippen MR) is 62.1 cm³/mol. The number of ether oxygens (including phenoxy) is 1. The molecule has 0 saturated heterocycles. The van der Waals surface area contributed by atoms with Crippen molar-refractivity contribution < 1.29 is 4.74 Å². The molecule has 1 unspecified atom stereocenters. The maximum atomic E-state index is 5.73. The molecule has 0 aliphatic carbocycles. The molecule has 1 atom stereocenters. The van der Waals surface area contributed by atoms with Gasteiger partial charge >= 0.3 is 0 Å². The summed E-state index contributed by atoms with van der Waals surface area (Å²) in [4.78, 5) is 0. The Balaban J connectivity index is 2.28. The molecule has 1 aromatic carbocycles. The Morgan fingerprint density at radius 3 is 2.57 bits per heavy atom. The molecule has 0 spiro atoms. The van der Waals surface area contributed by atoms with Crippen LogP contribution in [0.25, 0.3) is 0 Å². The molecule has 0 radical (unpaired) electrons. The summed E-state index contributed by atoms with van der Waals surface area (Å²) >= 11 is 3.39. The van der Waals surface area contributed by atoms with Crippen LogP contribution in [0.3, 0.4) is 0 Å². The van der Waals surface area contributed by atoms with Crippen LogP contribution in [0.2, 0.25) is 0 Å². The summed E-state index contributed by atoms with van der Waals surface area (Å²) in [5.74, 6) is 0. The van der Waals surface area contributed by atoms with Crippen LogP contribution in [0.4, 0.5) is 0 Å². The van der Waals surface area contributed by atoms with E-state index in [1.807, 2.05) is 24.3 Å². The lowest BCUT2D eigenvalue weighted by atomic mass is 10.2. The molecule has 0 aromatic heterocycles. The molecule has 2 N–H and O–H groups in total. The SMILES string of the molecule is CCC(N)COCc1ccc(Br)cc1. The molecule has 78 valence electrons. The van der Waals surface area contributed by atoms with Gasteiger partial charge in [0.2, 0.25) is 0 Å². The Morgan fingerprint density at radius 2 is 2.00 bits per heavy atom. The fourth-order valence-corrected chi connectivity index (χ4v) is 1.29. The number of halogens is 1. The van der Waals surface area contributed by atoms with Gasteiger partial charge in [-0.15, -0.1) is 0 Å². The number of hydrogen-bond acceptors (Lipinski definition) is 2. The molecule has 1 rings (SSSR count). The average Bonchev–Trinajstić information content (AvgIpc) is 2.21. The molecule has 3 heteroatoms. The molecule has 0 saturated carbocycles. The second kappa shape index (κ2) is 6.17. The van der Waals surface area contributed by atoms with Crippen molar-refractivity contribution in [1.29, 1.82) is 0 Å². The first-order valence-electron chi connectivity index (χ1n) is 4.80. The second-order valence-electron chi connectivity index (χ2n) is 3.31. The van der Waals surface area contributed by atoms with Crippen LogP contribution < -0.4 is 5.73 Å². The molecule has 1 aromatic rings. The molecule has 0 aliphatic heterocycles. The Labute approximate surface area is 93.6 Å². The van der Waals surface area contributed by atoms with Crippen molar-refractivity contribution in [3.63, 3.8) is 0 Å². The van der Waals surface area contributed by atoms with Crippen LogP contribution in [0.15, 0.2) is 28.7 Å². The van der Waals surface area contributed by atoms with E-state index in [4.69, 9.17) is 10.5 Å². The second-order valence-corrected chi connectivity index (χ2v) is 4.23. The molecular formula is C11H16BrNO. The highest BCUT2D eigenvalue weighted by Crippen LogP contribution is 2.11. The minimum absolute atomic E-state index is 0.158. The van der Waals surface area contributed by atoms with Crippen molar-refractivity contribution >= 4 is 15.9 Å². The van der Waals surface area contributed by atoms with Gasteiger partial charge < -0.3 is 10.5 Å². The Hall–Kier alpha value is -0.380. The molecular weight excluding hydrogens is 242 g/mol. The first-order chi connectivity index (χ1) is 6.72. The normalized spacial score (nSPS) is 12.8. The molecule has 0 bridgehead atoms. The van der Waals surface area contributed by atoms with Crippen molar-refractivity contribution in [2.75, 3.05) is 6.61 Å². The molecule has 0 fully saturated rings. The lowest BCUT2D eigenvalue weighted by molar-refractivity contribution is 0.107. The molecule has 0 aliphatic rings. The summed E-state index contributed by atoms with van der Waals surface area (Å²) in [7, 11) is 0. The van der Waals surface area contributed by atoms with Crippen LogP contribution in [-0.4, -0.2) is 12.6 Å². The van der Waals surface area contributed by atoms with E-state index in [-0.39, 0.29) is 6.04 Å². The average molecular weight is 258 g/mol. The lowest BCUT2D eigenvalue weighted by Gasteiger charge is -2.09. The summed E-state index contributed by atoms with van der Waals surface area (Å²) in [5, 5.41) is 0. The Kier molecular flexibility index (Phi) is 5.15. The number of benzene rings is 1. The fraction of sp³-hybridized carbons (Fsp3) is 0.455. The zero-order valence-corrected chi connectivity index (χ0v) is 9.96. The third-order valence-corrected chi connectivity index (χ3v) is 2.57. The van der Waals surface area contributed by atoms with Gasteiger partial charge in [-0.25, -0.2) is 0 Å². The van der Waals surface area contributed by atoms with Gasteiger partial charge in [-0.05, 0) is 24.1 Å². The van der Waals surface area contributed by atoms with Gasteiger partial charge in [0, 0.05) is 10.5 Å². The van der Waals surface area contributed by atoms with Crippen LogP contribution in [0.1, 0.15) is 18.9 Å². The van der Waals surface area contributed by atoms with Gasteiger partial charge in [-0.2, -0.15) is 0 Å². The van der Waals surface area contributed by atoms with E-state index in [0.29, 0.717) is 13.2 Å². The Bertz CT molecular complexity index is 260. The number of rotatable bonds is 5. The highest BCUT2D eigenvalue weighted by atomic mass is 79.9. The van der Waals surface area contributed by atoms with E-state index in [0.717, 1.165) is 10.9 Å². The van der Waals surface area contributed by atoms with Gasteiger partial charge in [-0.1, -0.05) is 35.0 Å². The largest absolute Gasteiger partial charge is 0.375 e. The summed E-state index contributed by atoms with van der Waals surface area (Å²) in [6.45, 7) is 3.33. The molecule has 2 nitrogen and oxygen atoms in total. The van der Waals surface area contributed by atoms with Gasteiger partial charge in [0.05, 0.1) is 13.2 Å². The van der Waals surface area contributed by atoms with Crippen molar-refractivity contribution in [1.82, 2.24) is 0 Å². The highest BCUT2D eigenvalue weighted by molar-refractivity contribution is 9.10. The maximum absolute atomic E-state index is 5.73. The minimum atomic E-state index is 0.158. The topological polar surface area (TPSA) is 35.2 Å². The van der Waals surface area contributed by atoms with Crippen molar-refractivity contribution in [3.05, 3.63) is 34.3 Å². The van der Waals surface area contributed by atoms with E-state index in [2.05, 4.69) is 22.9 Å². The van der Waals surface area contributed by atoms with Crippen LogP contribution in [-0.2, 0) is 11.3 Å². The fourth-order valence-electron chi connectivity index (χ4n) is 1.03. The van der Waals surface area contributed by atoms with Gasteiger partial charge in [0.15, 0.2) is 0 Å². The monoisotopic (exact) mass is 257 g/mol. The summed E-state index contributed by atoms with van der Waals surface area (Å²) in [6, 6.07) is 8.27. The highest BCUT2D eigenvalue weighted by Gasteiger charge is 1.99. The van der Waals surface area contributed by atoms with Crippen LogP contribution in [0.5, 0.6) is 0 Å². The zero-order chi connectivity index (χ0) is 10.4. The van der Waals surface area contributed by atoms with Gasteiger partial charge in [0.1, 0.15) is 0 Å².